The molecule has 0 bridgehead atoms. The second kappa shape index (κ2) is 9.87. The Labute approximate surface area is 244 Å². The minimum absolute atomic E-state index is 0.387. The Morgan fingerprint density at radius 2 is 0.975 bits per heavy atom. The monoisotopic (exact) mass is 666 g/mol. The molecule has 2 aliphatic rings. The van der Waals surface area contributed by atoms with Gasteiger partial charge in [-0.25, -0.2) is 9.59 Å². The average molecular weight is 668 g/mol. The largest absolute Gasteiger partial charge is 0.493 e. The van der Waals surface area contributed by atoms with E-state index in [0.717, 1.165) is 0 Å². The maximum absolute atomic E-state index is 13.1. The van der Waals surface area contributed by atoms with Crippen LogP contribution in [0, 0.1) is 0 Å². The van der Waals surface area contributed by atoms with Crippen LogP contribution in [-0.4, -0.2) is 40.4 Å². The highest BCUT2D eigenvalue weighted by Gasteiger charge is 2.31. The van der Waals surface area contributed by atoms with Crippen molar-refractivity contribution in [1.82, 2.24) is 0 Å². The first-order chi connectivity index (χ1) is 19.3. The van der Waals surface area contributed by atoms with Gasteiger partial charge < -0.3 is 28.4 Å². The third kappa shape index (κ3) is 3.85. The highest BCUT2D eigenvalue weighted by molar-refractivity contribution is 9.11. The summed E-state index contributed by atoms with van der Waals surface area (Å²) in [6.07, 6.45) is 0. The molecule has 40 heavy (non-hydrogen) atoms. The SMILES string of the molecule is COc1cc(C2=c3ccc4c5c(ccc4c3OC2=O)=C(c2cc(Br)c(OC)c(OC)c2)C(=O)O5)cc(Br)c1OC. The van der Waals surface area contributed by atoms with E-state index in [2.05, 4.69) is 31.9 Å². The molecule has 8 nitrogen and oxygen atoms in total. The molecule has 0 amide bonds. The van der Waals surface area contributed by atoms with Crippen molar-refractivity contribution in [2.24, 2.45) is 0 Å². The van der Waals surface area contributed by atoms with Crippen LogP contribution >= 0.6 is 31.9 Å². The Morgan fingerprint density at radius 1 is 0.575 bits per heavy atom. The van der Waals surface area contributed by atoms with Crippen molar-refractivity contribution in [3.63, 3.8) is 0 Å². The van der Waals surface area contributed by atoms with Gasteiger partial charge in [0.2, 0.25) is 0 Å². The van der Waals surface area contributed by atoms with Crippen molar-refractivity contribution in [3.8, 4) is 34.5 Å². The zero-order chi connectivity index (χ0) is 28.3. The summed E-state index contributed by atoms with van der Waals surface area (Å²) in [5, 5.41) is 2.52. The number of hydrogen-bond acceptors (Lipinski definition) is 8. The van der Waals surface area contributed by atoms with E-state index in [9.17, 15) is 9.59 Å². The molecule has 0 saturated heterocycles. The van der Waals surface area contributed by atoms with E-state index >= 15 is 0 Å². The smallest absolute Gasteiger partial charge is 0.344 e. The Bertz CT molecular complexity index is 1770. The van der Waals surface area contributed by atoms with Gasteiger partial charge in [-0.05, 0) is 91.5 Å². The van der Waals surface area contributed by atoms with Crippen molar-refractivity contribution in [2.75, 3.05) is 28.4 Å². The Kier molecular flexibility index (Phi) is 6.47. The van der Waals surface area contributed by atoms with Gasteiger partial charge in [0, 0.05) is 21.2 Å². The van der Waals surface area contributed by atoms with Gasteiger partial charge in [-0.1, -0.05) is 0 Å². The number of halogens is 2. The van der Waals surface area contributed by atoms with Crippen molar-refractivity contribution < 1.29 is 38.0 Å². The van der Waals surface area contributed by atoms with E-state index in [-0.39, 0.29) is 0 Å². The number of carbonyl (C=O) groups excluding carboxylic acids is 2. The molecule has 4 aromatic carbocycles. The predicted molar refractivity (Wildman–Crippen MR) is 154 cm³/mol. The molecule has 0 aliphatic carbocycles. The number of hydrogen-bond donors (Lipinski definition) is 0. The van der Waals surface area contributed by atoms with Crippen molar-refractivity contribution in [1.29, 1.82) is 0 Å². The van der Waals surface area contributed by atoms with Crippen LogP contribution in [0.1, 0.15) is 11.1 Å². The first-order valence-electron chi connectivity index (χ1n) is 11.9. The maximum Gasteiger partial charge on any atom is 0.344 e. The third-order valence-corrected chi connectivity index (χ3v) is 8.06. The lowest BCUT2D eigenvalue weighted by Crippen LogP contribution is -2.08. The normalized spacial score (nSPS) is 13.7. The Morgan fingerprint density at radius 3 is 1.32 bits per heavy atom. The van der Waals surface area contributed by atoms with Crippen LogP contribution in [0.25, 0.3) is 21.9 Å². The van der Waals surface area contributed by atoms with E-state index < -0.39 is 11.9 Å². The molecule has 0 unspecified atom stereocenters. The van der Waals surface area contributed by atoms with E-state index in [1.165, 1.54) is 14.2 Å². The fourth-order valence-electron chi connectivity index (χ4n) is 5.14. The van der Waals surface area contributed by atoms with Gasteiger partial charge in [0.15, 0.2) is 23.0 Å². The summed E-state index contributed by atoms with van der Waals surface area (Å²) in [5.41, 5.74) is 1.99. The van der Waals surface area contributed by atoms with Crippen LogP contribution in [0.2, 0.25) is 0 Å². The lowest BCUT2D eigenvalue weighted by Gasteiger charge is -2.11. The molecule has 0 saturated carbocycles. The molecule has 0 spiro atoms. The van der Waals surface area contributed by atoms with Gasteiger partial charge in [-0.15, -0.1) is 0 Å². The fraction of sp³-hybridized carbons (Fsp3) is 0.133. The van der Waals surface area contributed by atoms with E-state index in [4.69, 9.17) is 28.4 Å². The van der Waals surface area contributed by atoms with Crippen molar-refractivity contribution in [3.05, 3.63) is 79.0 Å². The van der Waals surface area contributed by atoms with Gasteiger partial charge in [0.1, 0.15) is 11.5 Å². The first-order valence-corrected chi connectivity index (χ1v) is 13.5. The molecular formula is C30H20Br2O8. The second-order valence-corrected chi connectivity index (χ2v) is 10.6. The standard InChI is InChI=1S/C30H20Br2O8/c1-35-21-11-13(9-19(31)27(21)37-3)23-17-7-5-16-15(25(17)39-29(23)33)6-8-18-24(30(34)40-26(16)18)14-10-20(32)28(38-4)22(12-14)36-2/h5-12H,1-4H3. The van der Waals surface area contributed by atoms with Crippen LogP contribution in [0.15, 0.2) is 57.5 Å². The summed E-state index contributed by atoms with van der Waals surface area (Å²) in [5.74, 6) is 1.76. The van der Waals surface area contributed by atoms with Crippen LogP contribution in [0.4, 0.5) is 0 Å². The molecule has 10 heteroatoms. The summed E-state index contributed by atoms with van der Waals surface area (Å²) >= 11 is 6.98. The first kappa shape index (κ1) is 26.2. The molecule has 0 aromatic heterocycles. The number of carbonyl (C=O) groups is 2. The molecule has 4 aromatic rings. The fourth-order valence-corrected chi connectivity index (χ4v) is 6.35. The number of esters is 2. The summed E-state index contributed by atoms with van der Waals surface area (Å²) < 4.78 is 34.6. The van der Waals surface area contributed by atoms with Crippen LogP contribution in [0.5, 0.6) is 34.5 Å². The number of rotatable bonds is 6. The summed E-state index contributed by atoms with van der Waals surface area (Å²) in [4.78, 5) is 26.3. The lowest BCUT2D eigenvalue weighted by molar-refractivity contribution is -0.128. The minimum Gasteiger partial charge on any atom is -0.493 e. The molecule has 0 atom stereocenters. The van der Waals surface area contributed by atoms with Gasteiger partial charge in [-0.2, -0.15) is 0 Å². The van der Waals surface area contributed by atoms with Crippen LogP contribution < -0.4 is 38.9 Å². The Hall–Kier alpha value is -4.02. The molecule has 6 rings (SSSR count). The topological polar surface area (TPSA) is 89.5 Å². The maximum atomic E-state index is 13.1. The van der Waals surface area contributed by atoms with Gasteiger partial charge in [0.05, 0.1) is 48.5 Å². The molecule has 202 valence electrons. The highest BCUT2D eigenvalue weighted by atomic mass is 79.9. The zero-order valence-electron chi connectivity index (χ0n) is 21.6. The molecule has 0 radical (unpaired) electrons. The number of fused-ring (bicyclic) bond motifs is 5. The third-order valence-electron chi connectivity index (χ3n) is 6.88. The summed E-state index contributed by atoms with van der Waals surface area (Å²) in [7, 11) is 6.14. The lowest BCUT2D eigenvalue weighted by atomic mass is 9.99. The van der Waals surface area contributed by atoms with Gasteiger partial charge in [-0.3, -0.25) is 0 Å². The Balaban J connectivity index is 1.57. The zero-order valence-corrected chi connectivity index (χ0v) is 24.8. The molecule has 2 heterocycles. The molecule has 0 N–H and O–H groups in total. The number of ether oxygens (including phenoxy) is 6. The predicted octanol–water partition coefficient (Wildman–Crippen LogP) is 4.64. The average Bonchev–Trinajstić information content (AvgIpc) is 3.47. The van der Waals surface area contributed by atoms with Crippen LogP contribution in [0.3, 0.4) is 0 Å². The highest BCUT2D eigenvalue weighted by Crippen LogP contribution is 2.42. The van der Waals surface area contributed by atoms with Gasteiger partial charge in [0.25, 0.3) is 0 Å². The van der Waals surface area contributed by atoms with Crippen LogP contribution in [-0.2, 0) is 9.59 Å². The number of methoxy groups -OCH3 is 4. The van der Waals surface area contributed by atoms with E-state index in [1.54, 1.807) is 50.6 Å². The summed E-state index contributed by atoms with van der Waals surface area (Å²) in [6.45, 7) is 0. The van der Waals surface area contributed by atoms with Crippen molar-refractivity contribution in [2.45, 2.75) is 0 Å². The van der Waals surface area contributed by atoms with E-state index in [0.29, 0.717) is 86.9 Å². The van der Waals surface area contributed by atoms with E-state index in [1.807, 2.05) is 12.1 Å². The quantitative estimate of drug-likeness (QED) is 0.217. The van der Waals surface area contributed by atoms with Crippen molar-refractivity contribution >= 4 is 65.7 Å². The number of benzene rings is 4. The molecule has 2 aliphatic heterocycles. The second-order valence-electron chi connectivity index (χ2n) is 8.90. The summed E-state index contributed by atoms with van der Waals surface area (Å²) in [6, 6.07) is 14.3. The molecule has 0 fully saturated rings. The molecular weight excluding hydrogens is 648 g/mol. The van der Waals surface area contributed by atoms with Gasteiger partial charge >= 0.3 is 11.9 Å². The minimum atomic E-state index is -0.499.